The fourth-order valence-corrected chi connectivity index (χ4v) is 3.41. The molecule has 0 heterocycles. The normalized spacial score (nSPS) is 13.6. The third kappa shape index (κ3) is 7.06. The molecule has 0 bridgehead atoms. The molecule has 0 unspecified atom stereocenters. The van der Waals surface area contributed by atoms with Crippen molar-refractivity contribution in [3.8, 4) is 0 Å². The molecule has 124 valence electrons. The van der Waals surface area contributed by atoms with Gasteiger partial charge in [0.2, 0.25) is 5.91 Å². The summed E-state index contributed by atoms with van der Waals surface area (Å²) >= 11 is 7.51. The van der Waals surface area contributed by atoms with Gasteiger partial charge < -0.3 is 5.32 Å². The average Bonchev–Trinajstić information content (AvgIpc) is 2.54. The number of benzene rings is 1. The van der Waals surface area contributed by atoms with Crippen molar-refractivity contribution < 1.29 is 4.79 Å². The van der Waals surface area contributed by atoms with E-state index in [-0.39, 0.29) is 11.2 Å². The molecule has 0 fully saturated rings. The number of nitrogens with one attached hydrogen (secondary N) is 1. The highest BCUT2D eigenvalue weighted by Crippen LogP contribution is 2.26. The predicted octanol–water partition coefficient (Wildman–Crippen LogP) is 5.54. The molecule has 1 N–H and O–H groups in total. The first-order valence-electron chi connectivity index (χ1n) is 8.30. The number of amides is 1. The average molecular weight is 342 g/mol. The van der Waals surface area contributed by atoms with Crippen LogP contribution in [0.4, 0.5) is 0 Å². The summed E-state index contributed by atoms with van der Waals surface area (Å²) in [6.07, 6.45) is 5.61. The number of carbonyl (C=O) groups excluding carboxylic acids is 1. The molecule has 0 saturated carbocycles. The van der Waals surface area contributed by atoms with Crippen LogP contribution in [0.5, 0.6) is 0 Å². The van der Waals surface area contributed by atoms with E-state index in [4.69, 9.17) is 11.6 Å². The first kappa shape index (κ1) is 19.4. The summed E-state index contributed by atoms with van der Waals surface area (Å²) in [5.74, 6) is 0.749. The molecule has 1 aromatic carbocycles. The Morgan fingerprint density at radius 3 is 2.41 bits per heavy atom. The van der Waals surface area contributed by atoms with Crippen LogP contribution in [0.15, 0.2) is 29.2 Å². The van der Waals surface area contributed by atoms with Gasteiger partial charge in [-0.3, -0.25) is 4.79 Å². The molecule has 0 aliphatic rings. The number of thioether (sulfide) groups is 1. The zero-order valence-electron chi connectivity index (χ0n) is 13.9. The number of rotatable bonds is 10. The Morgan fingerprint density at radius 1 is 1.18 bits per heavy atom. The van der Waals surface area contributed by atoms with Crippen LogP contribution in [-0.2, 0) is 4.79 Å². The predicted molar refractivity (Wildman–Crippen MR) is 97.7 cm³/mol. The Bertz CT molecular complexity index is 435. The van der Waals surface area contributed by atoms with Gasteiger partial charge in [0.05, 0.1) is 5.25 Å². The molecular formula is C18H28ClNOS. The highest BCUT2D eigenvalue weighted by atomic mass is 35.5. The van der Waals surface area contributed by atoms with Crippen molar-refractivity contribution in [2.75, 3.05) is 6.54 Å². The fourth-order valence-electron chi connectivity index (χ4n) is 2.30. The minimum absolute atomic E-state index is 0.0372. The van der Waals surface area contributed by atoms with Crippen LogP contribution in [0, 0.1) is 5.92 Å². The van der Waals surface area contributed by atoms with E-state index in [0.717, 1.165) is 29.3 Å². The highest BCUT2D eigenvalue weighted by molar-refractivity contribution is 8.00. The van der Waals surface area contributed by atoms with E-state index in [0.29, 0.717) is 5.92 Å². The Labute approximate surface area is 144 Å². The third-order valence-corrected chi connectivity index (χ3v) is 5.49. The first-order chi connectivity index (χ1) is 10.6. The molecule has 1 aromatic rings. The first-order valence-corrected chi connectivity index (χ1v) is 9.56. The fraction of sp³-hybridized carbons (Fsp3) is 0.611. The van der Waals surface area contributed by atoms with Crippen molar-refractivity contribution in [3.05, 3.63) is 29.3 Å². The van der Waals surface area contributed by atoms with E-state index >= 15 is 0 Å². The maximum absolute atomic E-state index is 12.4. The molecular weight excluding hydrogens is 314 g/mol. The molecule has 0 aliphatic carbocycles. The van der Waals surface area contributed by atoms with Gasteiger partial charge in [-0.1, -0.05) is 51.6 Å². The van der Waals surface area contributed by atoms with Crippen molar-refractivity contribution in [3.63, 3.8) is 0 Å². The van der Waals surface area contributed by atoms with Crippen LogP contribution >= 0.6 is 23.4 Å². The minimum atomic E-state index is -0.0372. The smallest absolute Gasteiger partial charge is 0.233 e. The quantitative estimate of drug-likeness (QED) is 0.566. The van der Waals surface area contributed by atoms with E-state index in [1.165, 1.54) is 19.3 Å². The summed E-state index contributed by atoms with van der Waals surface area (Å²) in [7, 11) is 0. The van der Waals surface area contributed by atoms with E-state index in [2.05, 4.69) is 26.1 Å². The van der Waals surface area contributed by atoms with Crippen LogP contribution in [0.25, 0.3) is 0 Å². The summed E-state index contributed by atoms with van der Waals surface area (Å²) in [4.78, 5) is 13.5. The highest BCUT2D eigenvalue weighted by Gasteiger charge is 2.18. The number of halogens is 1. The maximum atomic E-state index is 12.4. The Kier molecular flexibility index (Phi) is 9.65. The van der Waals surface area contributed by atoms with Crippen LogP contribution in [0.3, 0.4) is 0 Å². The van der Waals surface area contributed by atoms with Gasteiger partial charge in [0.1, 0.15) is 0 Å². The summed E-state index contributed by atoms with van der Waals surface area (Å²) in [6, 6.07) is 7.68. The van der Waals surface area contributed by atoms with Crippen molar-refractivity contribution >= 4 is 29.3 Å². The zero-order valence-corrected chi connectivity index (χ0v) is 15.5. The summed E-state index contributed by atoms with van der Waals surface area (Å²) in [5, 5.41) is 3.83. The lowest BCUT2D eigenvalue weighted by Crippen LogP contribution is -2.35. The lowest BCUT2D eigenvalue weighted by atomic mass is 9.99. The largest absolute Gasteiger partial charge is 0.355 e. The topological polar surface area (TPSA) is 29.1 Å². The second-order valence-corrected chi connectivity index (χ2v) is 7.34. The maximum Gasteiger partial charge on any atom is 0.233 e. The molecule has 0 aromatic heterocycles. The van der Waals surface area contributed by atoms with Gasteiger partial charge in [0, 0.05) is 16.5 Å². The van der Waals surface area contributed by atoms with E-state index in [9.17, 15) is 4.79 Å². The van der Waals surface area contributed by atoms with Crippen LogP contribution in [-0.4, -0.2) is 17.7 Å². The Morgan fingerprint density at radius 2 is 1.86 bits per heavy atom. The number of hydrogen-bond donors (Lipinski definition) is 1. The summed E-state index contributed by atoms with van der Waals surface area (Å²) < 4.78 is 0. The minimum Gasteiger partial charge on any atom is -0.355 e. The van der Waals surface area contributed by atoms with Crippen molar-refractivity contribution in [2.24, 2.45) is 5.92 Å². The van der Waals surface area contributed by atoms with Crippen LogP contribution in [0.1, 0.15) is 52.9 Å². The monoisotopic (exact) mass is 341 g/mol. The standard InChI is InChI=1S/C18H28ClNOS/c1-4-7-8-14(5-2)13-20-18(21)17(6-3)22-16-11-9-15(19)10-12-16/h9-12,14,17H,4-8,13H2,1-3H3,(H,20,21)/t14-,17-/m1/s1. The molecule has 0 aliphatic heterocycles. The molecule has 2 nitrogen and oxygen atoms in total. The molecule has 2 atom stereocenters. The van der Waals surface area contributed by atoms with Crippen molar-refractivity contribution in [1.82, 2.24) is 5.32 Å². The lowest BCUT2D eigenvalue weighted by molar-refractivity contribution is -0.120. The van der Waals surface area contributed by atoms with Gasteiger partial charge in [0.15, 0.2) is 0 Å². The summed E-state index contributed by atoms with van der Waals surface area (Å²) in [6.45, 7) is 7.27. The van der Waals surface area contributed by atoms with Gasteiger partial charge in [-0.05, 0) is 43.0 Å². The zero-order chi connectivity index (χ0) is 16.4. The SMILES string of the molecule is CCCC[C@@H](CC)CNC(=O)[C@@H](CC)Sc1ccc(Cl)cc1. The van der Waals surface area contributed by atoms with E-state index in [1.54, 1.807) is 11.8 Å². The van der Waals surface area contributed by atoms with Crippen molar-refractivity contribution in [1.29, 1.82) is 0 Å². The van der Waals surface area contributed by atoms with Crippen LogP contribution < -0.4 is 5.32 Å². The van der Waals surface area contributed by atoms with Crippen molar-refractivity contribution in [2.45, 2.75) is 63.0 Å². The number of carbonyl (C=O) groups is 1. The van der Waals surface area contributed by atoms with Crippen LogP contribution in [0.2, 0.25) is 5.02 Å². The lowest BCUT2D eigenvalue weighted by Gasteiger charge is -2.19. The molecule has 1 amide bonds. The number of hydrogen-bond acceptors (Lipinski definition) is 2. The molecule has 1 rings (SSSR count). The van der Waals surface area contributed by atoms with Gasteiger partial charge >= 0.3 is 0 Å². The Balaban J connectivity index is 2.48. The molecule has 0 radical (unpaired) electrons. The molecule has 0 saturated heterocycles. The van der Waals surface area contributed by atoms with Gasteiger partial charge in [-0.2, -0.15) is 0 Å². The second-order valence-electron chi connectivity index (χ2n) is 5.63. The van der Waals surface area contributed by atoms with Gasteiger partial charge in [-0.25, -0.2) is 0 Å². The second kappa shape index (κ2) is 11.0. The summed E-state index contributed by atoms with van der Waals surface area (Å²) in [5.41, 5.74) is 0. The third-order valence-electron chi connectivity index (χ3n) is 3.86. The van der Waals surface area contributed by atoms with E-state index < -0.39 is 0 Å². The molecule has 0 spiro atoms. The van der Waals surface area contributed by atoms with Gasteiger partial charge in [0.25, 0.3) is 0 Å². The molecule has 4 heteroatoms. The van der Waals surface area contributed by atoms with Gasteiger partial charge in [-0.15, -0.1) is 11.8 Å². The van der Waals surface area contributed by atoms with E-state index in [1.807, 2.05) is 24.3 Å². The molecule has 22 heavy (non-hydrogen) atoms. The Hall–Kier alpha value is -0.670. The number of unbranched alkanes of at least 4 members (excludes halogenated alkanes) is 1.